The van der Waals surface area contributed by atoms with Crippen LogP contribution in [-0.2, 0) is 9.59 Å². The average molecular weight is 413 g/mol. The van der Waals surface area contributed by atoms with Crippen LogP contribution in [0.1, 0.15) is 56.2 Å². The highest BCUT2D eigenvalue weighted by Gasteiger charge is 2.14. The number of hydrogen-bond acceptors (Lipinski definition) is 3. The second kappa shape index (κ2) is 11.1. The molecule has 2 aromatic carbocycles. The second-order valence-corrected chi connectivity index (χ2v) is 9.15. The summed E-state index contributed by atoms with van der Waals surface area (Å²) in [6.45, 7) is 10.2. The first kappa shape index (κ1) is 23.0. The maximum absolute atomic E-state index is 12.4. The lowest BCUT2D eigenvalue weighted by Gasteiger charge is -2.13. The number of para-hydroxylation sites is 1. The zero-order valence-corrected chi connectivity index (χ0v) is 18.9. The number of amides is 2. The van der Waals surface area contributed by atoms with Crippen molar-refractivity contribution in [1.29, 1.82) is 0 Å². The maximum Gasteiger partial charge on any atom is 0.237 e. The molecule has 2 N–H and O–H groups in total. The largest absolute Gasteiger partial charge is 0.326 e. The number of hydrogen-bond donors (Lipinski definition) is 2. The van der Waals surface area contributed by atoms with Crippen LogP contribution in [0.15, 0.2) is 42.5 Å². The molecule has 0 saturated heterocycles. The van der Waals surface area contributed by atoms with E-state index in [1.54, 1.807) is 11.8 Å². The second-order valence-electron chi connectivity index (χ2n) is 7.70. The van der Waals surface area contributed by atoms with E-state index < -0.39 is 0 Å². The molecule has 0 saturated carbocycles. The van der Waals surface area contributed by atoms with E-state index in [-0.39, 0.29) is 17.1 Å². The van der Waals surface area contributed by atoms with Crippen molar-refractivity contribution in [2.24, 2.45) is 0 Å². The Morgan fingerprint density at radius 3 is 2.14 bits per heavy atom. The highest BCUT2D eigenvalue weighted by molar-refractivity contribution is 8.00. The van der Waals surface area contributed by atoms with Crippen molar-refractivity contribution in [3.05, 3.63) is 59.2 Å². The summed E-state index contributed by atoms with van der Waals surface area (Å²) in [6, 6.07) is 14.0. The van der Waals surface area contributed by atoms with Crippen LogP contribution in [0.3, 0.4) is 0 Å². The highest BCUT2D eigenvalue weighted by Crippen LogP contribution is 2.21. The first-order valence-electron chi connectivity index (χ1n) is 10.2. The van der Waals surface area contributed by atoms with Gasteiger partial charge in [0, 0.05) is 17.8 Å². The number of benzene rings is 2. The molecule has 1 atom stereocenters. The van der Waals surface area contributed by atoms with Gasteiger partial charge in [0.2, 0.25) is 11.8 Å². The van der Waals surface area contributed by atoms with Crippen LogP contribution >= 0.6 is 11.8 Å². The van der Waals surface area contributed by atoms with E-state index in [0.717, 1.165) is 34.7 Å². The molecule has 0 fully saturated rings. The number of aryl methyl sites for hydroxylation is 2. The van der Waals surface area contributed by atoms with Gasteiger partial charge in [-0.25, -0.2) is 0 Å². The van der Waals surface area contributed by atoms with Crippen molar-refractivity contribution < 1.29 is 9.59 Å². The Labute approximate surface area is 178 Å². The summed E-state index contributed by atoms with van der Waals surface area (Å²) in [5.74, 6) is 1.25. The summed E-state index contributed by atoms with van der Waals surface area (Å²) in [5.41, 5.74) is 5.12. The molecule has 5 heteroatoms. The molecule has 29 heavy (non-hydrogen) atoms. The monoisotopic (exact) mass is 412 g/mol. The van der Waals surface area contributed by atoms with Gasteiger partial charge >= 0.3 is 0 Å². The van der Waals surface area contributed by atoms with E-state index in [1.807, 2.05) is 63.2 Å². The Bertz CT molecular complexity index is 811. The van der Waals surface area contributed by atoms with Crippen molar-refractivity contribution in [1.82, 2.24) is 0 Å². The molecular formula is C24H32N2O2S. The minimum atomic E-state index is -0.165. The predicted molar refractivity (Wildman–Crippen MR) is 125 cm³/mol. The molecule has 0 aliphatic carbocycles. The Morgan fingerprint density at radius 1 is 0.931 bits per heavy atom. The molecule has 2 amide bonds. The molecule has 0 unspecified atom stereocenters. The van der Waals surface area contributed by atoms with E-state index in [9.17, 15) is 9.59 Å². The third-order valence-electron chi connectivity index (χ3n) is 4.88. The van der Waals surface area contributed by atoms with Gasteiger partial charge in [0.1, 0.15) is 0 Å². The lowest BCUT2D eigenvalue weighted by atomic mass is 10.0. The summed E-state index contributed by atoms with van der Waals surface area (Å²) in [5, 5.41) is 5.81. The maximum atomic E-state index is 12.4. The molecule has 2 aromatic rings. The average Bonchev–Trinajstić information content (AvgIpc) is 2.68. The summed E-state index contributed by atoms with van der Waals surface area (Å²) < 4.78 is 0. The number of carbonyl (C=O) groups is 2. The quantitative estimate of drug-likeness (QED) is 0.504. The van der Waals surface area contributed by atoms with Crippen LogP contribution in [0.25, 0.3) is 0 Å². The Kier molecular flexibility index (Phi) is 8.77. The van der Waals surface area contributed by atoms with E-state index in [1.165, 1.54) is 5.56 Å². The van der Waals surface area contributed by atoms with E-state index in [2.05, 4.69) is 24.5 Å². The molecule has 2 rings (SSSR count). The molecule has 0 heterocycles. The van der Waals surface area contributed by atoms with Gasteiger partial charge in [-0.3, -0.25) is 9.59 Å². The predicted octanol–water partition coefficient (Wildman–Crippen LogP) is 5.91. The van der Waals surface area contributed by atoms with Crippen molar-refractivity contribution in [3.8, 4) is 0 Å². The lowest BCUT2D eigenvalue weighted by Crippen LogP contribution is -2.23. The number of carbonyl (C=O) groups excluding carboxylic acids is 2. The van der Waals surface area contributed by atoms with Crippen LogP contribution in [0.2, 0.25) is 0 Å². The van der Waals surface area contributed by atoms with Crippen LogP contribution in [0, 0.1) is 13.8 Å². The molecular weight excluding hydrogens is 380 g/mol. The van der Waals surface area contributed by atoms with Gasteiger partial charge in [0.25, 0.3) is 0 Å². The van der Waals surface area contributed by atoms with Gasteiger partial charge in [-0.2, -0.15) is 0 Å². The number of nitrogens with one attached hydrogen (secondary N) is 2. The third-order valence-corrected chi connectivity index (χ3v) is 6.11. The van der Waals surface area contributed by atoms with Crippen LogP contribution in [-0.4, -0.2) is 22.8 Å². The molecule has 0 aliphatic rings. The number of rotatable bonds is 9. The lowest BCUT2D eigenvalue weighted by molar-refractivity contribution is -0.116. The third kappa shape index (κ3) is 7.24. The van der Waals surface area contributed by atoms with Gasteiger partial charge in [0.05, 0.1) is 5.25 Å². The fraction of sp³-hybridized carbons (Fsp3) is 0.417. The minimum Gasteiger partial charge on any atom is -0.326 e. The summed E-state index contributed by atoms with van der Waals surface area (Å²) in [4.78, 5) is 24.6. The molecule has 0 bridgehead atoms. The molecule has 0 aliphatic heterocycles. The fourth-order valence-electron chi connectivity index (χ4n) is 2.98. The molecule has 0 aromatic heterocycles. The fourth-order valence-corrected chi connectivity index (χ4v) is 3.85. The van der Waals surface area contributed by atoms with E-state index >= 15 is 0 Å². The van der Waals surface area contributed by atoms with Crippen molar-refractivity contribution >= 4 is 35.0 Å². The van der Waals surface area contributed by atoms with Crippen molar-refractivity contribution in [2.75, 3.05) is 16.4 Å². The Morgan fingerprint density at radius 2 is 1.55 bits per heavy atom. The number of thioether (sulfide) groups is 1. The minimum absolute atomic E-state index is 0.00714. The van der Waals surface area contributed by atoms with Crippen molar-refractivity contribution in [3.63, 3.8) is 0 Å². The zero-order valence-electron chi connectivity index (χ0n) is 18.0. The Hall–Kier alpha value is -2.27. The smallest absolute Gasteiger partial charge is 0.237 e. The molecule has 4 nitrogen and oxygen atoms in total. The SMILES string of the molecule is Cc1cccc(C)c1NC(=O)CCCS[C@H](C)C(=O)Nc1ccc(C(C)C)cc1. The van der Waals surface area contributed by atoms with Gasteiger partial charge in [0.15, 0.2) is 0 Å². The van der Waals surface area contributed by atoms with Gasteiger partial charge in [-0.15, -0.1) is 11.8 Å². The van der Waals surface area contributed by atoms with Crippen LogP contribution < -0.4 is 10.6 Å². The van der Waals surface area contributed by atoms with Gasteiger partial charge in [-0.1, -0.05) is 44.2 Å². The molecule has 0 spiro atoms. The topological polar surface area (TPSA) is 58.2 Å². The zero-order chi connectivity index (χ0) is 21.4. The standard InChI is InChI=1S/C24H32N2O2S/c1-16(2)20-11-13-21(14-12-20)25-24(28)19(5)29-15-7-10-22(27)26-23-17(3)8-6-9-18(23)4/h6,8-9,11-14,16,19H,7,10,15H2,1-5H3,(H,25,28)(H,26,27)/t19-/m1/s1. The van der Waals surface area contributed by atoms with Crippen LogP contribution in [0.4, 0.5) is 11.4 Å². The highest BCUT2D eigenvalue weighted by atomic mass is 32.2. The van der Waals surface area contributed by atoms with Crippen molar-refractivity contribution in [2.45, 2.75) is 58.6 Å². The van der Waals surface area contributed by atoms with E-state index in [0.29, 0.717) is 12.3 Å². The summed E-state index contributed by atoms with van der Waals surface area (Å²) in [6.07, 6.45) is 1.19. The van der Waals surface area contributed by atoms with Gasteiger partial charge < -0.3 is 10.6 Å². The summed E-state index contributed by atoms with van der Waals surface area (Å²) >= 11 is 1.57. The molecule has 156 valence electrons. The summed E-state index contributed by atoms with van der Waals surface area (Å²) in [7, 11) is 0. The van der Waals surface area contributed by atoms with Crippen LogP contribution in [0.5, 0.6) is 0 Å². The van der Waals surface area contributed by atoms with Gasteiger partial charge in [-0.05, 0) is 67.7 Å². The first-order chi connectivity index (χ1) is 13.8. The Balaban J connectivity index is 1.71. The molecule has 0 radical (unpaired) electrons. The normalized spacial score (nSPS) is 11.9. The number of anilines is 2. The van der Waals surface area contributed by atoms with E-state index in [4.69, 9.17) is 0 Å². The first-order valence-corrected chi connectivity index (χ1v) is 11.2.